The third-order valence-electron chi connectivity index (χ3n) is 2.40. The standard InChI is InChI=1S/C10H14N2O4S/c1-4-11-17(15,16)10-6-8(3)7(2)5-9(10)12(13)14/h5-6,11H,4H2,1-3H3. The molecule has 1 aromatic rings. The number of nitrogens with zero attached hydrogens (tertiary/aromatic N) is 1. The van der Waals surface area contributed by atoms with Gasteiger partial charge >= 0.3 is 0 Å². The second kappa shape index (κ2) is 4.80. The summed E-state index contributed by atoms with van der Waals surface area (Å²) < 4.78 is 25.9. The zero-order valence-electron chi connectivity index (χ0n) is 9.85. The monoisotopic (exact) mass is 258 g/mol. The summed E-state index contributed by atoms with van der Waals surface area (Å²) in [6.07, 6.45) is 0. The van der Waals surface area contributed by atoms with Crippen LogP contribution in [0.4, 0.5) is 5.69 Å². The highest BCUT2D eigenvalue weighted by Crippen LogP contribution is 2.26. The Kier molecular flexibility index (Phi) is 3.84. The fourth-order valence-electron chi connectivity index (χ4n) is 1.40. The molecule has 0 radical (unpaired) electrons. The van der Waals surface area contributed by atoms with E-state index in [0.717, 1.165) is 0 Å². The van der Waals surface area contributed by atoms with Crippen molar-refractivity contribution in [3.8, 4) is 0 Å². The lowest BCUT2D eigenvalue weighted by atomic mass is 10.1. The molecule has 0 fully saturated rings. The van der Waals surface area contributed by atoms with Crippen LogP contribution in [-0.2, 0) is 10.0 Å². The Bertz CT molecular complexity index is 552. The molecule has 0 saturated carbocycles. The third kappa shape index (κ3) is 2.80. The summed E-state index contributed by atoms with van der Waals surface area (Å²) in [5.74, 6) is 0. The lowest BCUT2D eigenvalue weighted by Crippen LogP contribution is -2.24. The van der Waals surface area contributed by atoms with Gasteiger partial charge in [-0.25, -0.2) is 13.1 Å². The molecule has 0 bridgehead atoms. The summed E-state index contributed by atoms with van der Waals surface area (Å²) in [4.78, 5) is 9.88. The Morgan fingerprint density at radius 1 is 1.29 bits per heavy atom. The maximum Gasteiger partial charge on any atom is 0.289 e. The van der Waals surface area contributed by atoms with Crippen LogP contribution in [0.15, 0.2) is 17.0 Å². The SMILES string of the molecule is CCNS(=O)(=O)c1cc(C)c(C)cc1[N+](=O)[O-]. The Labute approximate surface area is 99.9 Å². The molecule has 0 atom stereocenters. The molecule has 0 saturated heterocycles. The van der Waals surface area contributed by atoms with E-state index in [-0.39, 0.29) is 11.4 Å². The summed E-state index contributed by atoms with van der Waals surface area (Å²) >= 11 is 0. The number of hydrogen-bond acceptors (Lipinski definition) is 4. The first kappa shape index (κ1) is 13.6. The highest BCUT2D eigenvalue weighted by molar-refractivity contribution is 7.89. The summed E-state index contributed by atoms with van der Waals surface area (Å²) in [6, 6.07) is 2.60. The first-order chi connectivity index (χ1) is 7.79. The number of hydrogen-bond donors (Lipinski definition) is 1. The number of nitro benzene ring substituents is 1. The van der Waals surface area contributed by atoms with Crippen molar-refractivity contribution in [2.45, 2.75) is 25.7 Å². The molecule has 0 aliphatic carbocycles. The van der Waals surface area contributed by atoms with Crippen LogP contribution in [0.3, 0.4) is 0 Å². The maximum atomic E-state index is 11.8. The number of sulfonamides is 1. The molecule has 94 valence electrons. The molecule has 0 unspecified atom stereocenters. The van der Waals surface area contributed by atoms with Gasteiger partial charge in [-0.05, 0) is 31.0 Å². The van der Waals surface area contributed by atoms with Crippen molar-refractivity contribution in [1.29, 1.82) is 0 Å². The minimum Gasteiger partial charge on any atom is -0.258 e. The molecule has 0 aliphatic heterocycles. The van der Waals surface area contributed by atoms with Gasteiger partial charge in [-0.15, -0.1) is 0 Å². The minimum atomic E-state index is -3.82. The maximum absolute atomic E-state index is 11.8. The van der Waals surface area contributed by atoms with E-state index in [0.29, 0.717) is 11.1 Å². The molecular formula is C10H14N2O4S. The van der Waals surface area contributed by atoms with Crippen LogP contribution in [0.25, 0.3) is 0 Å². The van der Waals surface area contributed by atoms with Gasteiger partial charge < -0.3 is 0 Å². The fraction of sp³-hybridized carbons (Fsp3) is 0.400. The average molecular weight is 258 g/mol. The van der Waals surface area contributed by atoms with E-state index in [1.807, 2.05) is 0 Å². The Balaban J connectivity index is 3.52. The van der Waals surface area contributed by atoms with Gasteiger partial charge in [-0.2, -0.15) is 0 Å². The lowest BCUT2D eigenvalue weighted by Gasteiger charge is -2.08. The highest BCUT2D eigenvalue weighted by atomic mass is 32.2. The number of rotatable bonds is 4. The topological polar surface area (TPSA) is 89.3 Å². The van der Waals surface area contributed by atoms with Gasteiger partial charge in [0.25, 0.3) is 5.69 Å². The summed E-state index contributed by atoms with van der Waals surface area (Å²) in [7, 11) is -3.82. The van der Waals surface area contributed by atoms with Gasteiger partial charge in [0.15, 0.2) is 4.90 Å². The number of nitrogens with one attached hydrogen (secondary N) is 1. The van der Waals surface area contributed by atoms with Crippen molar-refractivity contribution >= 4 is 15.7 Å². The molecule has 17 heavy (non-hydrogen) atoms. The quantitative estimate of drug-likeness (QED) is 0.654. The third-order valence-corrected chi connectivity index (χ3v) is 3.97. The van der Waals surface area contributed by atoms with Crippen LogP contribution in [0.2, 0.25) is 0 Å². The highest BCUT2D eigenvalue weighted by Gasteiger charge is 2.25. The molecule has 7 heteroatoms. The van der Waals surface area contributed by atoms with Gasteiger partial charge in [-0.3, -0.25) is 10.1 Å². The van der Waals surface area contributed by atoms with Crippen LogP contribution in [0.1, 0.15) is 18.1 Å². The molecule has 0 aliphatic rings. The van der Waals surface area contributed by atoms with Gasteiger partial charge in [0.05, 0.1) is 4.92 Å². The summed E-state index contributed by atoms with van der Waals surface area (Å²) in [6.45, 7) is 5.22. The Morgan fingerprint density at radius 3 is 2.29 bits per heavy atom. The van der Waals surface area contributed by atoms with Crippen molar-refractivity contribution in [1.82, 2.24) is 4.72 Å². The van der Waals surface area contributed by atoms with E-state index in [2.05, 4.69) is 4.72 Å². The van der Waals surface area contributed by atoms with E-state index in [4.69, 9.17) is 0 Å². The van der Waals surface area contributed by atoms with Crippen LogP contribution < -0.4 is 4.72 Å². The van der Waals surface area contributed by atoms with Crippen molar-refractivity contribution in [3.63, 3.8) is 0 Å². The van der Waals surface area contributed by atoms with Crippen LogP contribution in [0, 0.1) is 24.0 Å². The van der Waals surface area contributed by atoms with Crippen molar-refractivity contribution in [2.75, 3.05) is 6.54 Å². The van der Waals surface area contributed by atoms with Gasteiger partial charge in [0.2, 0.25) is 10.0 Å². The van der Waals surface area contributed by atoms with E-state index in [1.165, 1.54) is 12.1 Å². The van der Waals surface area contributed by atoms with Gasteiger partial charge in [0.1, 0.15) is 0 Å². The Morgan fingerprint density at radius 2 is 1.82 bits per heavy atom. The van der Waals surface area contributed by atoms with E-state index < -0.39 is 20.6 Å². The molecule has 1 N–H and O–H groups in total. The fourth-order valence-corrected chi connectivity index (χ4v) is 2.68. The molecule has 0 amide bonds. The van der Waals surface area contributed by atoms with E-state index in [1.54, 1.807) is 20.8 Å². The zero-order chi connectivity index (χ0) is 13.2. The van der Waals surface area contributed by atoms with Crippen molar-refractivity contribution in [3.05, 3.63) is 33.4 Å². The Hall–Kier alpha value is -1.47. The van der Waals surface area contributed by atoms with E-state index in [9.17, 15) is 18.5 Å². The van der Waals surface area contributed by atoms with Crippen LogP contribution in [0.5, 0.6) is 0 Å². The molecular weight excluding hydrogens is 244 g/mol. The first-order valence-electron chi connectivity index (χ1n) is 5.05. The predicted molar refractivity (Wildman–Crippen MR) is 63.4 cm³/mol. The minimum absolute atomic E-state index is 0.187. The molecule has 0 spiro atoms. The lowest BCUT2D eigenvalue weighted by molar-refractivity contribution is -0.387. The molecule has 0 heterocycles. The molecule has 1 aromatic carbocycles. The number of nitro groups is 1. The normalized spacial score (nSPS) is 11.5. The largest absolute Gasteiger partial charge is 0.289 e. The van der Waals surface area contributed by atoms with Gasteiger partial charge in [0, 0.05) is 12.6 Å². The van der Waals surface area contributed by atoms with Crippen molar-refractivity contribution in [2.24, 2.45) is 0 Å². The number of aryl methyl sites for hydroxylation is 2. The summed E-state index contributed by atoms with van der Waals surface area (Å²) in [5, 5.41) is 10.8. The summed E-state index contributed by atoms with van der Waals surface area (Å²) in [5.41, 5.74) is 0.994. The van der Waals surface area contributed by atoms with Gasteiger partial charge in [-0.1, -0.05) is 6.92 Å². The zero-order valence-corrected chi connectivity index (χ0v) is 10.7. The smallest absolute Gasteiger partial charge is 0.258 e. The second-order valence-corrected chi connectivity index (χ2v) is 5.40. The van der Waals surface area contributed by atoms with Crippen molar-refractivity contribution < 1.29 is 13.3 Å². The van der Waals surface area contributed by atoms with Crippen LogP contribution in [-0.4, -0.2) is 19.9 Å². The molecule has 6 nitrogen and oxygen atoms in total. The first-order valence-corrected chi connectivity index (χ1v) is 6.53. The average Bonchev–Trinajstić information content (AvgIpc) is 2.20. The molecule has 1 rings (SSSR count). The second-order valence-electron chi connectivity index (χ2n) is 3.66. The molecule has 0 aromatic heterocycles. The van der Waals surface area contributed by atoms with E-state index >= 15 is 0 Å². The van der Waals surface area contributed by atoms with Crippen LogP contribution >= 0.6 is 0 Å². The predicted octanol–water partition coefficient (Wildman–Crippen LogP) is 1.51. The number of benzene rings is 1.